The molecule has 2 aromatic heterocycles. The SMILES string of the molecule is O=C(COc1ccc([N+](=O)[O-])cc1-c1ccno1)N/N=C/c1coc2ccccc2c1=O. The predicted molar refractivity (Wildman–Crippen MR) is 112 cm³/mol. The molecule has 2 heterocycles. The average molecular weight is 434 g/mol. The lowest BCUT2D eigenvalue weighted by atomic mass is 10.1. The normalized spacial score (nSPS) is 11.0. The second-order valence-corrected chi connectivity index (χ2v) is 6.41. The van der Waals surface area contributed by atoms with Gasteiger partial charge in [-0.1, -0.05) is 17.3 Å². The quantitative estimate of drug-likeness (QED) is 0.265. The standard InChI is InChI=1S/C21H14N4O7/c26-20(24-22-10-13-11-30-17-4-2-1-3-15(17)21(13)27)12-31-18-6-5-14(25(28)29)9-16(18)19-7-8-23-32-19/h1-11H,12H2,(H,24,26)/b22-10+. The van der Waals surface area contributed by atoms with Crippen molar-refractivity contribution in [2.45, 2.75) is 0 Å². The van der Waals surface area contributed by atoms with Gasteiger partial charge in [0, 0.05) is 18.2 Å². The Kier molecular flexibility index (Phi) is 5.70. The third-order valence-electron chi connectivity index (χ3n) is 4.34. The van der Waals surface area contributed by atoms with Crippen molar-refractivity contribution < 1.29 is 23.4 Å². The van der Waals surface area contributed by atoms with Gasteiger partial charge in [-0.2, -0.15) is 5.10 Å². The van der Waals surface area contributed by atoms with Gasteiger partial charge in [0.15, 0.2) is 12.4 Å². The van der Waals surface area contributed by atoms with Gasteiger partial charge in [-0.15, -0.1) is 0 Å². The first kappa shape index (κ1) is 20.5. The zero-order chi connectivity index (χ0) is 22.5. The minimum atomic E-state index is -0.617. The number of nitro groups is 1. The smallest absolute Gasteiger partial charge is 0.277 e. The number of benzene rings is 2. The van der Waals surface area contributed by atoms with Crippen LogP contribution in [0.25, 0.3) is 22.3 Å². The molecular weight excluding hydrogens is 420 g/mol. The maximum absolute atomic E-state index is 12.4. The highest BCUT2D eigenvalue weighted by Gasteiger charge is 2.17. The van der Waals surface area contributed by atoms with Crippen LogP contribution >= 0.6 is 0 Å². The first-order chi connectivity index (χ1) is 15.5. The molecule has 32 heavy (non-hydrogen) atoms. The van der Waals surface area contributed by atoms with Crippen molar-refractivity contribution in [3.8, 4) is 17.1 Å². The van der Waals surface area contributed by atoms with E-state index < -0.39 is 17.4 Å². The molecule has 4 aromatic rings. The molecule has 0 saturated carbocycles. The number of fused-ring (bicyclic) bond motifs is 1. The van der Waals surface area contributed by atoms with Crippen LogP contribution in [0.2, 0.25) is 0 Å². The predicted octanol–water partition coefficient (Wildman–Crippen LogP) is 2.89. The average Bonchev–Trinajstić information content (AvgIpc) is 3.34. The van der Waals surface area contributed by atoms with Gasteiger partial charge in [-0.05, 0) is 18.2 Å². The third kappa shape index (κ3) is 4.36. The van der Waals surface area contributed by atoms with E-state index in [0.717, 1.165) is 0 Å². The van der Waals surface area contributed by atoms with E-state index in [0.29, 0.717) is 11.0 Å². The highest BCUT2D eigenvalue weighted by molar-refractivity contribution is 5.87. The summed E-state index contributed by atoms with van der Waals surface area (Å²) in [5.41, 5.74) is 2.65. The number of non-ortho nitro benzene ring substituents is 1. The number of amides is 1. The Balaban J connectivity index is 1.43. The molecule has 0 atom stereocenters. The summed E-state index contributed by atoms with van der Waals surface area (Å²) in [7, 11) is 0. The van der Waals surface area contributed by atoms with Gasteiger partial charge in [0.1, 0.15) is 17.6 Å². The molecule has 0 spiro atoms. The number of para-hydroxylation sites is 1. The molecule has 0 aliphatic carbocycles. The molecule has 0 aliphatic heterocycles. The Morgan fingerprint density at radius 3 is 2.88 bits per heavy atom. The summed E-state index contributed by atoms with van der Waals surface area (Å²) in [6.07, 6.45) is 3.79. The number of nitrogens with zero attached hydrogens (tertiary/aromatic N) is 3. The second-order valence-electron chi connectivity index (χ2n) is 6.41. The molecule has 1 N–H and O–H groups in total. The number of ether oxygens (including phenoxy) is 1. The summed E-state index contributed by atoms with van der Waals surface area (Å²) in [6, 6.07) is 12.1. The van der Waals surface area contributed by atoms with Gasteiger partial charge in [0.25, 0.3) is 11.6 Å². The van der Waals surface area contributed by atoms with Crippen molar-refractivity contribution in [2.75, 3.05) is 6.61 Å². The van der Waals surface area contributed by atoms with Gasteiger partial charge in [0.2, 0.25) is 5.43 Å². The number of rotatable bonds is 7. The Morgan fingerprint density at radius 2 is 2.09 bits per heavy atom. The fourth-order valence-corrected chi connectivity index (χ4v) is 2.84. The first-order valence-electron chi connectivity index (χ1n) is 9.17. The summed E-state index contributed by atoms with van der Waals surface area (Å²) >= 11 is 0. The van der Waals surface area contributed by atoms with Gasteiger partial charge >= 0.3 is 0 Å². The molecule has 11 nitrogen and oxygen atoms in total. The van der Waals surface area contributed by atoms with Crippen LogP contribution in [0.15, 0.2) is 79.8 Å². The molecule has 160 valence electrons. The van der Waals surface area contributed by atoms with E-state index in [4.69, 9.17) is 13.7 Å². The van der Waals surface area contributed by atoms with E-state index in [-0.39, 0.29) is 33.8 Å². The number of nitrogens with one attached hydrogen (secondary N) is 1. The molecule has 0 unspecified atom stereocenters. The van der Waals surface area contributed by atoms with E-state index in [2.05, 4.69) is 15.7 Å². The Morgan fingerprint density at radius 1 is 1.25 bits per heavy atom. The van der Waals surface area contributed by atoms with Crippen molar-refractivity contribution in [1.82, 2.24) is 10.6 Å². The van der Waals surface area contributed by atoms with E-state index in [1.807, 2.05) is 0 Å². The molecule has 1 amide bonds. The Bertz CT molecular complexity index is 1380. The lowest BCUT2D eigenvalue weighted by Crippen LogP contribution is -2.25. The molecule has 0 saturated heterocycles. The van der Waals surface area contributed by atoms with Crippen molar-refractivity contribution in [3.05, 3.63) is 86.9 Å². The van der Waals surface area contributed by atoms with Crippen LogP contribution in [-0.2, 0) is 4.79 Å². The lowest BCUT2D eigenvalue weighted by Gasteiger charge is -2.09. The van der Waals surface area contributed by atoms with Crippen LogP contribution in [0.4, 0.5) is 5.69 Å². The fourth-order valence-electron chi connectivity index (χ4n) is 2.84. The molecule has 0 fully saturated rings. The lowest BCUT2D eigenvalue weighted by molar-refractivity contribution is -0.384. The topological polar surface area (TPSA) is 150 Å². The van der Waals surface area contributed by atoms with Crippen LogP contribution in [-0.4, -0.2) is 28.8 Å². The molecule has 4 rings (SSSR count). The maximum atomic E-state index is 12.4. The monoisotopic (exact) mass is 434 g/mol. The zero-order valence-electron chi connectivity index (χ0n) is 16.3. The second kappa shape index (κ2) is 8.92. The van der Waals surface area contributed by atoms with Crippen molar-refractivity contribution in [3.63, 3.8) is 0 Å². The van der Waals surface area contributed by atoms with Crippen molar-refractivity contribution in [2.24, 2.45) is 5.10 Å². The molecular formula is C21H14N4O7. The zero-order valence-corrected chi connectivity index (χ0v) is 16.3. The van der Waals surface area contributed by atoms with Crippen LogP contribution in [0.5, 0.6) is 5.75 Å². The summed E-state index contributed by atoms with van der Waals surface area (Å²) in [4.78, 5) is 35.0. The van der Waals surface area contributed by atoms with Crippen molar-refractivity contribution in [1.29, 1.82) is 0 Å². The highest BCUT2D eigenvalue weighted by Crippen LogP contribution is 2.33. The number of hydrogen-bond donors (Lipinski definition) is 1. The summed E-state index contributed by atoms with van der Waals surface area (Å²) in [5.74, 6) is -0.194. The number of nitro benzene ring substituents is 1. The summed E-state index contributed by atoms with van der Waals surface area (Å²) < 4.78 is 15.9. The Hall–Kier alpha value is -4.80. The van der Waals surface area contributed by atoms with Crippen LogP contribution in [0, 0.1) is 10.1 Å². The van der Waals surface area contributed by atoms with E-state index in [9.17, 15) is 19.7 Å². The number of aromatic nitrogens is 1. The molecule has 0 aliphatic rings. The minimum absolute atomic E-state index is 0.160. The van der Waals surface area contributed by atoms with Gasteiger partial charge in [-0.3, -0.25) is 19.7 Å². The third-order valence-corrected chi connectivity index (χ3v) is 4.34. The van der Waals surface area contributed by atoms with Crippen LogP contribution in [0.1, 0.15) is 5.56 Å². The van der Waals surface area contributed by atoms with E-state index in [1.54, 1.807) is 24.3 Å². The Labute approximate surface area is 179 Å². The first-order valence-corrected chi connectivity index (χ1v) is 9.17. The minimum Gasteiger partial charge on any atom is -0.483 e. The fraction of sp³-hybridized carbons (Fsp3) is 0.0476. The molecule has 11 heteroatoms. The molecule has 0 bridgehead atoms. The highest BCUT2D eigenvalue weighted by atomic mass is 16.6. The van der Waals surface area contributed by atoms with Gasteiger partial charge < -0.3 is 13.7 Å². The van der Waals surface area contributed by atoms with Gasteiger partial charge in [0.05, 0.1) is 33.8 Å². The van der Waals surface area contributed by atoms with E-state index in [1.165, 1.54) is 42.9 Å². The van der Waals surface area contributed by atoms with Crippen LogP contribution in [0.3, 0.4) is 0 Å². The number of hydrazone groups is 1. The molecule has 2 aromatic carbocycles. The molecule has 0 radical (unpaired) electrons. The van der Waals surface area contributed by atoms with Crippen molar-refractivity contribution >= 4 is 28.8 Å². The summed E-state index contributed by atoms with van der Waals surface area (Å²) in [6.45, 7) is -0.442. The number of carbonyl (C=O) groups excluding carboxylic acids is 1. The van der Waals surface area contributed by atoms with Gasteiger partial charge in [-0.25, -0.2) is 5.43 Å². The van der Waals surface area contributed by atoms with Crippen LogP contribution < -0.4 is 15.6 Å². The number of carbonyl (C=O) groups is 1. The largest absolute Gasteiger partial charge is 0.483 e. The number of hydrogen-bond acceptors (Lipinski definition) is 9. The maximum Gasteiger partial charge on any atom is 0.277 e. The van der Waals surface area contributed by atoms with E-state index >= 15 is 0 Å². The summed E-state index contributed by atoms with van der Waals surface area (Å²) in [5, 5.41) is 18.8.